The number of hydrogen-bond donors (Lipinski definition) is 18. The zero-order valence-electron chi connectivity index (χ0n) is 70.3. The number of aliphatic hydroxyl groups is 2. The molecule has 7 aromatic rings. The molecule has 3 aliphatic rings. The molecule has 125 heavy (non-hydrogen) atoms. The molecular formula is C88H109N15O22. The average Bonchev–Trinajstić information content (AvgIpc) is 0.875. The van der Waals surface area contributed by atoms with Gasteiger partial charge in [0.05, 0.1) is 66.7 Å². The molecule has 37 heteroatoms. The number of ether oxygens (including phenoxy) is 4. The summed E-state index contributed by atoms with van der Waals surface area (Å²) in [5.41, 5.74) is 15.8. The number of nitrogens with two attached hydrogens (primary N) is 3. The number of para-hydroxylation sites is 1. The molecule has 1 fully saturated rings. The molecule has 3 heterocycles. The Balaban J connectivity index is 0.768. The number of rotatable bonds is 43. The lowest BCUT2D eigenvalue weighted by atomic mass is 9.72. The molecule has 10 amide bonds. The van der Waals surface area contributed by atoms with Gasteiger partial charge in [0.15, 0.2) is 18.7 Å². The van der Waals surface area contributed by atoms with E-state index in [0.717, 1.165) is 5.56 Å². The van der Waals surface area contributed by atoms with E-state index in [1.165, 1.54) is 45.5 Å². The van der Waals surface area contributed by atoms with Crippen molar-refractivity contribution in [2.24, 2.45) is 29.0 Å². The summed E-state index contributed by atoms with van der Waals surface area (Å²) in [5, 5.41) is 72.2. The number of imidazole rings is 1. The Hall–Kier alpha value is -12.8. The molecular weight excluding hydrogens is 1620 g/mol. The quantitative estimate of drug-likeness (QED) is 0.0186. The predicted molar refractivity (Wildman–Crippen MR) is 450 cm³/mol. The lowest BCUT2D eigenvalue weighted by Gasteiger charge is -2.42. The van der Waals surface area contributed by atoms with E-state index in [-0.39, 0.29) is 72.6 Å². The maximum absolute atomic E-state index is 14.8. The molecule has 5 aromatic carbocycles. The number of primary amides is 2. The maximum atomic E-state index is 14.8. The summed E-state index contributed by atoms with van der Waals surface area (Å²) in [6, 6.07) is 18.1. The van der Waals surface area contributed by atoms with Gasteiger partial charge in [-0.05, 0) is 80.2 Å². The largest absolute Gasteiger partial charge is 0.507 e. The summed E-state index contributed by atoms with van der Waals surface area (Å²) in [5.74, 6) is -14.3. The Morgan fingerprint density at radius 1 is 0.656 bits per heavy atom. The molecule has 0 spiro atoms. The van der Waals surface area contributed by atoms with E-state index in [1.54, 1.807) is 80.8 Å². The number of aromatic nitrogens is 3. The number of aromatic hydroxyl groups is 2. The number of esters is 1. The number of benzene rings is 5. The van der Waals surface area contributed by atoms with Gasteiger partial charge in [0.25, 0.3) is 0 Å². The van der Waals surface area contributed by atoms with E-state index >= 15 is 0 Å². The Morgan fingerprint density at radius 2 is 1.28 bits per heavy atom. The summed E-state index contributed by atoms with van der Waals surface area (Å²) in [6.07, 6.45) is -3.79. The van der Waals surface area contributed by atoms with Crippen LogP contribution >= 0.6 is 0 Å². The second kappa shape index (κ2) is 43.0. The van der Waals surface area contributed by atoms with Gasteiger partial charge < -0.3 is 114 Å². The number of Topliss-reactive ketones (excluding diaryl/α,β-unsaturated/α-hetero) is 1. The lowest BCUT2D eigenvalue weighted by Crippen LogP contribution is -2.60. The van der Waals surface area contributed by atoms with Gasteiger partial charge in [-0.3, -0.25) is 67.1 Å². The van der Waals surface area contributed by atoms with Gasteiger partial charge in [0.2, 0.25) is 70.6 Å². The zero-order chi connectivity index (χ0) is 90.7. The van der Waals surface area contributed by atoms with Crippen molar-refractivity contribution in [2.45, 2.75) is 210 Å². The number of amides is 10. The van der Waals surface area contributed by atoms with E-state index in [2.05, 4.69) is 62.8 Å². The fourth-order valence-corrected chi connectivity index (χ4v) is 15.5. The van der Waals surface area contributed by atoms with Crippen LogP contribution in [0.4, 0.5) is 0 Å². The van der Waals surface area contributed by atoms with Crippen molar-refractivity contribution in [1.82, 2.24) is 62.8 Å². The molecule has 0 saturated carbocycles. The Morgan fingerprint density at radius 3 is 1.93 bits per heavy atom. The molecule has 21 N–H and O–H groups in total. The molecule has 10 rings (SSSR count). The first-order valence-electron chi connectivity index (χ1n) is 41.3. The minimum Gasteiger partial charge on any atom is -0.507 e. The number of hydrogen-bond acceptors (Lipinski definition) is 25. The smallest absolute Gasteiger partial charge is 0.306 e. The number of carbonyl (C=O) groups is 14. The lowest BCUT2D eigenvalue weighted by molar-refractivity contribution is -0.247. The molecule has 2 aliphatic carbocycles. The third kappa shape index (κ3) is 24.6. The van der Waals surface area contributed by atoms with Crippen LogP contribution in [-0.2, 0) is 104 Å². The molecule has 14 atom stereocenters. The molecule has 0 unspecified atom stereocenters. The molecule has 1 saturated heterocycles. The highest BCUT2D eigenvalue weighted by Gasteiger charge is 2.51. The fraction of sp³-hybridized carbons (Fsp3) is 0.443. The Labute approximate surface area is 719 Å². The molecule has 668 valence electrons. The number of methoxy groups -OCH3 is 1. The third-order valence-corrected chi connectivity index (χ3v) is 22.2. The van der Waals surface area contributed by atoms with Gasteiger partial charge in [-0.15, -0.1) is 0 Å². The predicted octanol–water partition coefficient (Wildman–Crippen LogP) is 0.838. The number of aliphatic hydroxyl groups excluding tert-OH is 1. The van der Waals surface area contributed by atoms with Crippen LogP contribution < -0.4 is 69.8 Å². The van der Waals surface area contributed by atoms with Crippen molar-refractivity contribution in [2.75, 3.05) is 26.8 Å². The minimum atomic E-state index is -2.58. The monoisotopic (exact) mass is 1730 g/mol. The van der Waals surface area contributed by atoms with Gasteiger partial charge in [0.1, 0.15) is 59.1 Å². The number of phenols is 2. The standard InChI is InChI=1S/C88H109N15O22/c1-44(2)30-52(40-94-59(81(91)114)31-48-18-10-8-11-19-48)98-85(118)62(34-51-39-92-43-96-51)100-68(107)41-95-87(120)75(45(3)4)103-82(115)46(5)97-84(117)61(33-50-38-93-57-24-15-14-22-53(50)57)102-83(116)58(28-29-66(90)105)101-86(119)60(32-49-20-12-9-13-21-49)99-67(106)26-17-27-69(108)123-42-65(104)88(121)36-55-72(64(37-88)125-70-35-56(89)76(109)47(6)124-70)80(113)74-73(78(55)111)77(110)54-23-16-25-63(122-7)71(54)79(74)112/h8-16,18-25,38-39,43-47,52,56,58-62,64,70,75-76,93-94,109,111,113,121H,17,26-37,40-42,89H2,1-7H3,(H2,90,105)(H2,91,114)(H,92,96)(H,95,120)(H,97,117)(H,98,118)(H,99,106)(H,100,107)(H,101,119)(H,102,116)(H,103,115)/t46-,47-,52-,56-,58-,59-,60+,61-,62-,64-,70-,75-,76+,88-/m0/s1. The van der Waals surface area contributed by atoms with Crippen molar-refractivity contribution < 1.29 is 106 Å². The number of nitrogens with one attached hydrogen (secondary N) is 11. The molecule has 2 aromatic heterocycles. The van der Waals surface area contributed by atoms with Crippen LogP contribution in [0.1, 0.15) is 164 Å². The number of aromatic amines is 2. The van der Waals surface area contributed by atoms with Gasteiger partial charge >= 0.3 is 5.97 Å². The van der Waals surface area contributed by atoms with E-state index in [0.29, 0.717) is 40.6 Å². The first-order valence-corrected chi connectivity index (χ1v) is 41.3. The van der Waals surface area contributed by atoms with Crippen LogP contribution in [0.25, 0.3) is 10.9 Å². The van der Waals surface area contributed by atoms with Crippen LogP contribution in [-0.4, -0.2) is 223 Å². The maximum Gasteiger partial charge on any atom is 0.306 e. The number of carbonyl (C=O) groups excluding carboxylic acids is 14. The van der Waals surface area contributed by atoms with Crippen molar-refractivity contribution in [1.29, 1.82) is 0 Å². The SMILES string of the molecule is COc1cccc2c1C(=O)c1c(O)c3c(c(O)c1C2=O)C[C@@](O)(C(=O)COC(=O)CCCC(=O)N[C@H](Cc1ccccc1)C(=O)N[C@@H](CCC(N)=O)C(=O)N[C@@H](Cc1c[nH]c2ccccc12)C(=O)N[C@@H](C)C(=O)N[C@H](C(=O)NCC(=O)N[C@@H](Cc1c[nH]cn1)C(=O)N[C@H](CN[C@@H](Cc1ccccc1)C(N)=O)CC(C)C)C(C)C)C[C@@H]3O[C@H]1C[C@H](N)[C@H](O)[C@H](C)O1. The van der Waals surface area contributed by atoms with E-state index < -0.39 is 247 Å². The summed E-state index contributed by atoms with van der Waals surface area (Å²) in [6.45, 7) is 8.40. The number of phenolic OH excluding ortho intramolecular Hbond substituents is 2. The van der Waals surface area contributed by atoms with Crippen LogP contribution in [0.3, 0.4) is 0 Å². The van der Waals surface area contributed by atoms with Gasteiger partial charge in [-0.25, -0.2) is 4.98 Å². The molecule has 0 radical (unpaired) electrons. The summed E-state index contributed by atoms with van der Waals surface area (Å²) < 4.78 is 22.9. The summed E-state index contributed by atoms with van der Waals surface area (Å²) in [4.78, 5) is 206. The Bertz CT molecular complexity index is 5090. The van der Waals surface area contributed by atoms with Crippen LogP contribution in [0.15, 0.2) is 122 Å². The minimum absolute atomic E-state index is 0.00271. The molecule has 1 aliphatic heterocycles. The highest BCUT2D eigenvalue weighted by Crippen LogP contribution is 2.53. The summed E-state index contributed by atoms with van der Waals surface area (Å²) >= 11 is 0. The van der Waals surface area contributed by atoms with Crippen molar-refractivity contribution in [3.05, 3.63) is 178 Å². The highest BCUT2D eigenvalue weighted by atomic mass is 16.7. The third-order valence-electron chi connectivity index (χ3n) is 22.2. The first kappa shape index (κ1) is 94.4. The van der Waals surface area contributed by atoms with Crippen molar-refractivity contribution in [3.63, 3.8) is 0 Å². The second-order valence-corrected chi connectivity index (χ2v) is 32.5. The highest BCUT2D eigenvalue weighted by molar-refractivity contribution is 6.31. The molecule has 0 bridgehead atoms. The average molecular weight is 1730 g/mol. The number of ketones is 3. The van der Waals surface area contributed by atoms with E-state index in [4.69, 9.17) is 36.1 Å². The molecule has 37 nitrogen and oxygen atoms in total. The first-order chi connectivity index (χ1) is 59.5. The summed E-state index contributed by atoms with van der Waals surface area (Å²) in [7, 11) is 1.27. The number of nitrogens with zero attached hydrogens (tertiary/aromatic N) is 1. The van der Waals surface area contributed by atoms with Gasteiger partial charge in [-0.2, -0.15) is 0 Å². The zero-order valence-corrected chi connectivity index (χ0v) is 70.3. The van der Waals surface area contributed by atoms with Crippen LogP contribution in [0, 0.1) is 11.8 Å². The second-order valence-electron chi connectivity index (χ2n) is 32.5. The number of H-pyrrole nitrogens is 2. The van der Waals surface area contributed by atoms with Gasteiger partial charge in [-0.1, -0.05) is 119 Å². The van der Waals surface area contributed by atoms with Crippen LogP contribution in [0.2, 0.25) is 0 Å². The normalized spacial score (nSPS) is 19.1. The van der Waals surface area contributed by atoms with E-state index in [9.17, 15) is 87.5 Å². The van der Waals surface area contributed by atoms with Gasteiger partial charge in [0, 0.05) is 116 Å². The number of fused-ring (bicyclic) bond motifs is 4. The van der Waals surface area contributed by atoms with E-state index in [1.807, 2.05) is 44.2 Å². The van der Waals surface area contributed by atoms with Crippen molar-refractivity contribution in [3.8, 4) is 17.2 Å². The van der Waals surface area contributed by atoms with Crippen molar-refractivity contribution >= 4 is 93.3 Å². The fourth-order valence-electron chi connectivity index (χ4n) is 15.5. The topological polar surface area (TPSA) is 588 Å². The van der Waals surface area contributed by atoms with Crippen LogP contribution in [0.5, 0.6) is 17.2 Å². The Kier molecular flexibility index (Phi) is 32.5.